The van der Waals surface area contributed by atoms with Crippen LogP contribution in [0.4, 0.5) is 5.69 Å². The molecule has 0 spiro atoms. The van der Waals surface area contributed by atoms with E-state index in [0.29, 0.717) is 13.2 Å². The van der Waals surface area contributed by atoms with Crippen molar-refractivity contribution in [1.29, 1.82) is 0 Å². The molecule has 16 heavy (non-hydrogen) atoms. The van der Waals surface area contributed by atoms with E-state index < -0.39 is 0 Å². The molecule has 3 heteroatoms. The maximum Gasteiger partial charge on any atom is 0.142 e. The van der Waals surface area contributed by atoms with Crippen LogP contribution < -0.4 is 14.8 Å². The third-order valence-corrected chi connectivity index (χ3v) is 2.13. The monoisotopic (exact) mass is 223 g/mol. The van der Waals surface area contributed by atoms with Crippen molar-refractivity contribution in [2.45, 2.75) is 27.2 Å². The SMILES string of the molecule is CCCNc1cc(OCC)ccc1OCC. The summed E-state index contributed by atoms with van der Waals surface area (Å²) in [6.45, 7) is 8.40. The maximum atomic E-state index is 5.55. The topological polar surface area (TPSA) is 30.5 Å². The zero-order chi connectivity index (χ0) is 11.8. The van der Waals surface area contributed by atoms with E-state index in [9.17, 15) is 0 Å². The minimum absolute atomic E-state index is 0.675. The van der Waals surface area contributed by atoms with Gasteiger partial charge in [-0.1, -0.05) is 6.92 Å². The van der Waals surface area contributed by atoms with Crippen LogP contribution in [0.1, 0.15) is 27.2 Å². The molecule has 0 saturated carbocycles. The van der Waals surface area contributed by atoms with Crippen LogP contribution in [0.25, 0.3) is 0 Å². The Morgan fingerprint density at radius 2 is 1.81 bits per heavy atom. The van der Waals surface area contributed by atoms with Gasteiger partial charge in [0.25, 0.3) is 0 Å². The molecule has 3 nitrogen and oxygen atoms in total. The van der Waals surface area contributed by atoms with Crippen molar-refractivity contribution in [1.82, 2.24) is 0 Å². The smallest absolute Gasteiger partial charge is 0.142 e. The molecule has 0 saturated heterocycles. The van der Waals surface area contributed by atoms with Crippen LogP contribution >= 0.6 is 0 Å². The summed E-state index contributed by atoms with van der Waals surface area (Å²) in [5, 5.41) is 3.34. The summed E-state index contributed by atoms with van der Waals surface area (Å²) in [6, 6.07) is 5.88. The first-order valence-electron chi connectivity index (χ1n) is 5.95. The number of anilines is 1. The number of hydrogen-bond donors (Lipinski definition) is 1. The van der Waals surface area contributed by atoms with Gasteiger partial charge in [0.15, 0.2) is 0 Å². The van der Waals surface area contributed by atoms with Gasteiger partial charge in [-0.3, -0.25) is 0 Å². The van der Waals surface area contributed by atoms with Crippen molar-refractivity contribution >= 4 is 5.69 Å². The largest absolute Gasteiger partial charge is 0.494 e. The van der Waals surface area contributed by atoms with Crippen LogP contribution in [0.15, 0.2) is 18.2 Å². The van der Waals surface area contributed by atoms with Crippen LogP contribution in [0, 0.1) is 0 Å². The molecule has 90 valence electrons. The molecule has 0 amide bonds. The average Bonchev–Trinajstić information content (AvgIpc) is 2.30. The second-order valence-corrected chi connectivity index (χ2v) is 3.45. The van der Waals surface area contributed by atoms with Gasteiger partial charge >= 0.3 is 0 Å². The van der Waals surface area contributed by atoms with E-state index in [-0.39, 0.29) is 0 Å². The van der Waals surface area contributed by atoms with Gasteiger partial charge in [-0.05, 0) is 32.4 Å². The Morgan fingerprint density at radius 1 is 1.06 bits per heavy atom. The third-order valence-electron chi connectivity index (χ3n) is 2.13. The normalized spacial score (nSPS) is 9.94. The molecule has 0 bridgehead atoms. The van der Waals surface area contributed by atoms with Gasteiger partial charge in [0.1, 0.15) is 11.5 Å². The fraction of sp³-hybridized carbons (Fsp3) is 0.538. The molecule has 0 aliphatic rings. The van der Waals surface area contributed by atoms with Crippen molar-refractivity contribution in [2.75, 3.05) is 25.1 Å². The Kier molecular flexibility index (Phi) is 5.54. The van der Waals surface area contributed by atoms with E-state index in [4.69, 9.17) is 9.47 Å². The molecule has 0 atom stereocenters. The Balaban J connectivity index is 2.82. The van der Waals surface area contributed by atoms with Gasteiger partial charge in [0, 0.05) is 12.6 Å². The van der Waals surface area contributed by atoms with Crippen molar-refractivity contribution in [3.05, 3.63) is 18.2 Å². The molecule has 0 unspecified atom stereocenters. The first kappa shape index (κ1) is 12.7. The zero-order valence-corrected chi connectivity index (χ0v) is 10.4. The molecule has 0 fully saturated rings. The van der Waals surface area contributed by atoms with E-state index >= 15 is 0 Å². The summed E-state index contributed by atoms with van der Waals surface area (Å²) < 4.78 is 11.0. The standard InChI is InChI=1S/C13H21NO2/c1-4-9-14-12-10-11(15-5-2)7-8-13(12)16-6-3/h7-8,10,14H,4-6,9H2,1-3H3. The predicted octanol–water partition coefficient (Wildman–Crippen LogP) is 3.31. The van der Waals surface area contributed by atoms with Crippen molar-refractivity contribution in [3.8, 4) is 11.5 Å². The number of ether oxygens (including phenoxy) is 2. The molecule has 1 aromatic carbocycles. The second-order valence-electron chi connectivity index (χ2n) is 3.45. The summed E-state index contributed by atoms with van der Waals surface area (Å²) >= 11 is 0. The predicted molar refractivity (Wildman–Crippen MR) is 67.6 cm³/mol. The van der Waals surface area contributed by atoms with Crippen LogP contribution in [-0.4, -0.2) is 19.8 Å². The Bertz CT molecular complexity index is 313. The van der Waals surface area contributed by atoms with Crippen LogP contribution in [0.3, 0.4) is 0 Å². The summed E-state index contributed by atoms with van der Waals surface area (Å²) in [5.41, 5.74) is 1.01. The number of hydrogen-bond acceptors (Lipinski definition) is 3. The molecule has 1 rings (SSSR count). The first-order chi connectivity index (χ1) is 7.81. The lowest BCUT2D eigenvalue weighted by atomic mass is 10.2. The summed E-state index contributed by atoms with van der Waals surface area (Å²) in [7, 11) is 0. The molecule has 0 radical (unpaired) electrons. The number of benzene rings is 1. The van der Waals surface area contributed by atoms with Crippen molar-refractivity contribution < 1.29 is 9.47 Å². The highest BCUT2D eigenvalue weighted by Gasteiger charge is 2.04. The molecule has 0 aliphatic heterocycles. The second kappa shape index (κ2) is 6.99. The van der Waals surface area contributed by atoms with Crippen molar-refractivity contribution in [3.63, 3.8) is 0 Å². The molecule has 1 N–H and O–H groups in total. The maximum absolute atomic E-state index is 5.55. The third kappa shape index (κ3) is 3.65. The van der Waals surface area contributed by atoms with Crippen LogP contribution in [0.5, 0.6) is 11.5 Å². The average molecular weight is 223 g/mol. The Labute approximate surface area is 97.8 Å². The molecule has 0 aliphatic carbocycles. The van der Waals surface area contributed by atoms with Crippen LogP contribution in [-0.2, 0) is 0 Å². The highest BCUT2D eigenvalue weighted by atomic mass is 16.5. The van der Waals surface area contributed by atoms with E-state index in [1.165, 1.54) is 0 Å². The number of nitrogens with one attached hydrogen (secondary N) is 1. The fourth-order valence-corrected chi connectivity index (χ4v) is 1.44. The van der Waals surface area contributed by atoms with Gasteiger partial charge in [0.2, 0.25) is 0 Å². The molecular formula is C13H21NO2. The van der Waals surface area contributed by atoms with E-state index in [2.05, 4.69) is 12.2 Å². The van der Waals surface area contributed by atoms with Gasteiger partial charge in [0.05, 0.1) is 18.9 Å². The van der Waals surface area contributed by atoms with Crippen molar-refractivity contribution in [2.24, 2.45) is 0 Å². The lowest BCUT2D eigenvalue weighted by molar-refractivity contribution is 0.332. The van der Waals surface area contributed by atoms with Crippen LogP contribution in [0.2, 0.25) is 0 Å². The van der Waals surface area contributed by atoms with Gasteiger partial charge in [-0.25, -0.2) is 0 Å². The van der Waals surface area contributed by atoms with E-state index in [1.54, 1.807) is 0 Å². The number of rotatable bonds is 7. The quantitative estimate of drug-likeness (QED) is 0.769. The molecule has 0 heterocycles. The highest BCUT2D eigenvalue weighted by molar-refractivity contribution is 5.59. The van der Waals surface area contributed by atoms with E-state index in [1.807, 2.05) is 32.0 Å². The molecular weight excluding hydrogens is 202 g/mol. The minimum atomic E-state index is 0.675. The Hall–Kier alpha value is -1.38. The highest BCUT2D eigenvalue weighted by Crippen LogP contribution is 2.29. The Morgan fingerprint density at radius 3 is 2.44 bits per heavy atom. The first-order valence-corrected chi connectivity index (χ1v) is 5.95. The molecule has 0 aromatic heterocycles. The van der Waals surface area contributed by atoms with Gasteiger partial charge in [-0.15, -0.1) is 0 Å². The summed E-state index contributed by atoms with van der Waals surface area (Å²) in [6.07, 6.45) is 1.09. The fourth-order valence-electron chi connectivity index (χ4n) is 1.44. The minimum Gasteiger partial charge on any atom is -0.494 e. The van der Waals surface area contributed by atoms with Gasteiger partial charge in [-0.2, -0.15) is 0 Å². The lowest BCUT2D eigenvalue weighted by Crippen LogP contribution is -2.04. The summed E-state index contributed by atoms with van der Waals surface area (Å²) in [5.74, 6) is 1.77. The lowest BCUT2D eigenvalue weighted by Gasteiger charge is -2.13. The van der Waals surface area contributed by atoms with Gasteiger partial charge < -0.3 is 14.8 Å². The zero-order valence-electron chi connectivity index (χ0n) is 10.4. The molecule has 1 aromatic rings. The van der Waals surface area contributed by atoms with E-state index in [0.717, 1.165) is 30.2 Å². The summed E-state index contributed by atoms with van der Waals surface area (Å²) in [4.78, 5) is 0.